The second kappa shape index (κ2) is 6.51. The van der Waals surface area contributed by atoms with E-state index < -0.39 is 41.0 Å². The van der Waals surface area contributed by atoms with Crippen molar-refractivity contribution in [2.75, 3.05) is 25.1 Å². The molecule has 4 rings (SSSR count). The summed E-state index contributed by atoms with van der Waals surface area (Å²) in [6.45, 7) is 0.374. The Bertz CT molecular complexity index is 1070. The van der Waals surface area contributed by atoms with Crippen molar-refractivity contribution >= 4 is 28.5 Å². The predicted octanol–water partition coefficient (Wildman–Crippen LogP) is 0.666. The van der Waals surface area contributed by atoms with E-state index in [2.05, 4.69) is 10.1 Å². The number of aromatic nitrogens is 2. The first-order valence-electron chi connectivity index (χ1n) is 8.56. The maximum Gasteiger partial charge on any atom is 0.341 e. The van der Waals surface area contributed by atoms with E-state index in [-0.39, 0.29) is 36.4 Å². The van der Waals surface area contributed by atoms with Gasteiger partial charge in [0.15, 0.2) is 11.6 Å². The fraction of sp³-hybridized carbons (Fsp3) is 0.412. The summed E-state index contributed by atoms with van der Waals surface area (Å²) in [5.41, 5.74) is 4.96. The number of alkyl halides is 1. The first-order valence-corrected chi connectivity index (χ1v) is 8.56. The van der Waals surface area contributed by atoms with Crippen molar-refractivity contribution in [3.05, 3.63) is 33.9 Å². The Labute approximate surface area is 157 Å². The minimum atomic E-state index is -1.47. The Kier molecular flexibility index (Phi) is 4.26. The molecule has 3 atom stereocenters. The van der Waals surface area contributed by atoms with Crippen molar-refractivity contribution in [1.82, 2.24) is 9.55 Å². The summed E-state index contributed by atoms with van der Waals surface area (Å²) >= 11 is 0. The number of pyridine rings is 2. The van der Waals surface area contributed by atoms with Crippen molar-refractivity contribution in [1.29, 1.82) is 0 Å². The third kappa shape index (κ3) is 2.70. The molecule has 3 heterocycles. The summed E-state index contributed by atoms with van der Waals surface area (Å²) in [6.07, 6.45) is 0.0646. The second-order valence-electron chi connectivity index (χ2n) is 6.71. The number of carbonyl (C=O) groups is 1. The van der Waals surface area contributed by atoms with Crippen LogP contribution in [0.1, 0.15) is 22.8 Å². The third-order valence-corrected chi connectivity index (χ3v) is 5.01. The molecule has 0 spiro atoms. The van der Waals surface area contributed by atoms with Gasteiger partial charge >= 0.3 is 5.97 Å². The molecule has 1 aliphatic heterocycles. The molecule has 2 aliphatic rings. The van der Waals surface area contributed by atoms with Gasteiger partial charge in [0, 0.05) is 19.2 Å². The number of oxime groups is 1. The van der Waals surface area contributed by atoms with Gasteiger partial charge in [0.05, 0.1) is 24.0 Å². The smallest absolute Gasteiger partial charge is 0.341 e. The fourth-order valence-corrected chi connectivity index (χ4v) is 3.43. The molecule has 148 valence electrons. The van der Waals surface area contributed by atoms with Crippen molar-refractivity contribution < 1.29 is 23.5 Å². The van der Waals surface area contributed by atoms with Gasteiger partial charge < -0.3 is 25.1 Å². The number of nitrogens with two attached hydrogens (primary N) is 1. The third-order valence-electron chi connectivity index (χ3n) is 5.01. The van der Waals surface area contributed by atoms with E-state index in [0.29, 0.717) is 5.71 Å². The van der Waals surface area contributed by atoms with Crippen LogP contribution in [-0.4, -0.2) is 58.8 Å². The van der Waals surface area contributed by atoms with Crippen molar-refractivity contribution in [2.45, 2.75) is 24.7 Å². The molecule has 0 unspecified atom stereocenters. The van der Waals surface area contributed by atoms with Crippen LogP contribution in [0.25, 0.3) is 11.0 Å². The van der Waals surface area contributed by atoms with Crippen molar-refractivity contribution in [3.63, 3.8) is 0 Å². The summed E-state index contributed by atoms with van der Waals surface area (Å²) in [6, 6.07) is -0.121. The quantitative estimate of drug-likeness (QED) is 0.716. The normalized spacial score (nSPS) is 25.1. The molecule has 0 amide bonds. The topological polar surface area (TPSA) is 123 Å². The first-order chi connectivity index (χ1) is 13.4. The molecule has 0 aromatic carbocycles. The van der Waals surface area contributed by atoms with E-state index in [4.69, 9.17) is 10.6 Å². The second-order valence-corrected chi connectivity index (χ2v) is 6.71. The molecular weight excluding hydrogens is 376 g/mol. The Balaban J connectivity index is 1.89. The van der Waals surface area contributed by atoms with Crippen LogP contribution in [-0.2, 0) is 4.84 Å². The van der Waals surface area contributed by atoms with Crippen LogP contribution in [0.2, 0.25) is 0 Å². The maximum atomic E-state index is 14.8. The van der Waals surface area contributed by atoms with Gasteiger partial charge in [-0.3, -0.25) is 4.79 Å². The van der Waals surface area contributed by atoms with Crippen LogP contribution in [0, 0.1) is 5.82 Å². The molecule has 11 heteroatoms. The van der Waals surface area contributed by atoms with Crippen molar-refractivity contribution in [3.8, 4) is 0 Å². The number of aromatic carboxylic acids is 1. The monoisotopic (exact) mass is 393 g/mol. The largest absolute Gasteiger partial charge is 0.477 e. The van der Waals surface area contributed by atoms with Gasteiger partial charge in [0.2, 0.25) is 5.43 Å². The average Bonchev–Trinajstić information content (AvgIpc) is 3.35. The van der Waals surface area contributed by atoms with Gasteiger partial charge in [-0.25, -0.2) is 18.6 Å². The number of fused-ring (bicyclic) bond motifs is 1. The molecule has 0 radical (unpaired) electrons. The zero-order valence-corrected chi connectivity index (χ0v) is 14.8. The molecule has 9 nitrogen and oxygen atoms in total. The van der Waals surface area contributed by atoms with Gasteiger partial charge in [-0.15, -0.1) is 0 Å². The average molecular weight is 393 g/mol. The summed E-state index contributed by atoms with van der Waals surface area (Å²) in [5.74, 6) is -2.33. The number of hydrogen-bond acceptors (Lipinski definition) is 7. The molecule has 1 saturated heterocycles. The van der Waals surface area contributed by atoms with E-state index in [1.54, 1.807) is 4.90 Å². The fourth-order valence-electron chi connectivity index (χ4n) is 3.43. The standard InChI is InChI=1S/C17H17F2N5O4/c1-28-22-11-6-24(13(11)4-20)16-10(19)2-7-14(25)8(17(26)27)5-23(15(7)21-16)12-3-9(12)18/h2,5,9,12-13H,3-4,6,20H2,1H3,(H,26,27)/b22-11-/t9-,12+,13-/m0/s1. The molecule has 3 N–H and O–H groups in total. The minimum Gasteiger partial charge on any atom is -0.477 e. The zero-order valence-electron chi connectivity index (χ0n) is 14.8. The van der Waals surface area contributed by atoms with Crippen LogP contribution in [0.4, 0.5) is 14.6 Å². The Hall–Kier alpha value is -3.08. The highest BCUT2D eigenvalue weighted by Crippen LogP contribution is 2.40. The molecule has 2 aromatic rings. The van der Waals surface area contributed by atoms with Crippen LogP contribution in [0.15, 0.2) is 22.2 Å². The van der Waals surface area contributed by atoms with Gasteiger partial charge in [-0.2, -0.15) is 0 Å². The number of hydrogen-bond donors (Lipinski definition) is 2. The zero-order chi connectivity index (χ0) is 20.2. The number of anilines is 1. The van der Waals surface area contributed by atoms with Crippen LogP contribution in [0.3, 0.4) is 0 Å². The highest BCUT2D eigenvalue weighted by Gasteiger charge is 2.41. The van der Waals surface area contributed by atoms with Crippen molar-refractivity contribution in [2.24, 2.45) is 10.9 Å². The van der Waals surface area contributed by atoms with Crippen LogP contribution in [0.5, 0.6) is 0 Å². The Morgan fingerprint density at radius 2 is 2.25 bits per heavy atom. The molecule has 1 aliphatic carbocycles. The SMILES string of the molecule is CO/N=C1/CN(c2nc3c(cc2F)c(=O)c(C(=O)O)cn3[C@@H]2C[C@@H]2F)[C@H]1CN. The Morgan fingerprint density at radius 1 is 1.54 bits per heavy atom. The molecule has 1 saturated carbocycles. The number of nitrogens with zero attached hydrogens (tertiary/aromatic N) is 4. The van der Waals surface area contributed by atoms with E-state index >= 15 is 0 Å². The van der Waals surface area contributed by atoms with Gasteiger partial charge in [-0.05, 0) is 6.07 Å². The van der Waals surface area contributed by atoms with Crippen LogP contribution >= 0.6 is 0 Å². The lowest BCUT2D eigenvalue weighted by Gasteiger charge is -2.41. The van der Waals surface area contributed by atoms with E-state index in [0.717, 1.165) is 12.3 Å². The first kappa shape index (κ1) is 18.3. The number of carboxylic acid groups (broad SMARTS) is 1. The van der Waals surface area contributed by atoms with Gasteiger partial charge in [-0.1, -0.05) is 5.16 Å². The number of carboxylic acids is 1. The lowest BCUT2D eigenvalue weighted by atomic mass is 10.0. The van der Waals surface area contributed by atoms with Gasteiger partial charge in [0.1, 0.15) is 30.2 Å². The highest BCUT2D eigenvalue weighted by atomic mass is 19.1. The predicted molar refractivity (Wildman–Crippen MR) is 96.1 cm³/mol. The van der Waals surface area contributed by atoms with Gasteiger partial charge in [0.25, 0.3) is 0 Å². The minimum absolute atomic E-state index is 0.0319. The highest BCUT2D eigenvalue weighted by molar-refractivity contribution is 6.03. The summed E-state index contributed by atoms with van der Waals surface area (Å²) in [5, 5.41) is 12.9. The molecule has 0 bridgehead atoms. The van der Waals surface area contributed by atoms with E-state index in [9.17, 15) is 23.5 Å². The molecule has 28 heavy (non-hydrogen) atoms. The number of rotatable bonds is 5. The van der Waals surface area contributed by atoms with Crippen LogP contribution < -0.4 is 16.1 Å². The number of halogens is 2. The van der Waals surface area contributed by atoms with E-state index in [1.165, 1.54) is 11.7 Å². The molecule has 2 fully saturated rings. The summed E-state index contributed by atoms with van der Waals surface area (Å²) in [4.78, 5) is 34.4. The molecular formula is C17H17F2N5O4. The molecule has 2 aromatic heterocycles. The lowest BCUT2D eigenvalue weighted by molar-refractivity contribution is 0.0694. The Morgan fingerprint density at radius 3 is 2.82 bits per heavy atom. The van der Waals surface area contributed by atoms with E-state index in [1.807, 2.05) is 0 Å². The summed E-state index contributed by atoms with van der Waals surface area (Å²) < 4.78 is 29.8. The lowest BCUT2D eigenvalue weighted by Crippen LogP contribution is -2.61. The summed E-state index contributed by atoms with van der Waals surface area (Å²) in [7, 11) is 1.39. The maximum absolute atomic E-state index is 14.8.